The maximum atomic E-state index is 13.3. The van der Waals surface area contributed by atoms with E-state index in [-0.39, 0.29) is 30.5 Å². The highest BCUT2D eigenvalue weighted by molar-refractivity contribution is 6.04. The fraction of sp³-hybridized carbons (Fsp3) is 0.273. The van der Waals surface area contributed by atoms with E-state index in [2.05, 4.69) is 20.4 Å². The van der Waals surface area contributed by atoms with Crippen LogP contribution >= 0.6 is 0 Å². The highest BCUT2D eigenvalue weighted by Crippen LogP contribution is 2.35. The molecule has 8 nitrogen and oxygen atoms in total. The molecule has 0 saturated carbocycles. The van der Waals surface area contributed by atoms with Gasteiger partial charge in [0.25, 0.3) is 17.7 Å². The first-order valence-electron chi connectivity index (χ1n) is 10.1. The molecule has 1 fully saturated rings. The van der Waals surface area contributed by atoms with Crippen LogP contribution in [0, 0.1) is 6.92 Å². The zero-order valence-corrected chi connectivity index (χ0v) is 17.1. The summed E-state index contributed by atoms with van der Waals surface area (Å²) in [6, 6.07) is 10.8. The normalized spacial score (nSPS) is 18.0. The number of fused-ring (bicyclic) bond motifs is 1. The summed E-state index contributed by atoms with van der Waals surface area (Å²) in [6.07, 6.45) is 2.44. The number of alkyl halides is 2. The van der Waals surface area contributed by atoms with Crippen molar-refractivity contribution in [3.63, 3.8) is 0 Å². The highest BCUT2D eigenvalue weighted by atomic mass is 19.3. The Labute approximate surface area is 181 Å². The zero-order chi connectivity index (χ0) is 22.3. The number of aryl methyl sites for hydroxylation is 1. The molecule has 1 aromatic carbocycles. The molecule has 4 heterocycles. The molecule has 1 aliphatic heterocycles. The molecule has 1 amide bonds. The van der Waals surface area contributed by atoms with Crippen LogP contribution in [0.5, 0.6) is 0 Å². The van der Waals surface area contributed by atoms with E-state index in [0.717, 1.165) is 5.56 Å². The molecule has 4 aromatic rings. The van der Waals surface area contributed by atoms with Crippen LogP contribution in [-0.4, -0.2) is 38.0 Å². The van der Waals surface area contributed by atoms with E-state index in [1.807, 2.05) is 31.2 Å². The maximum Gasteiger partial charge on any atom is 0.274 e. The Morgan fingerprint density at radius 2 is 2.16 bits per heavy atom. The van der Waals surface area contributed by atoms with Crippen molar-refractivity contribution in [3.05, 3.63) is 65.9 Å². The number of amides is 1. The average molecular weight is 439 g/mol. The van der Waals surface area contributed by atoms with Gasteiger partial charge in [-0.25, -0.2) is 13.8 Å². The number of ether oxygens (including phenoxy) is 1. The van der Waals surface area contributed by atoms with Gasteiger partial charge >= 0.3 is 0 Å². The van der Waals surface area contributed by atoms with Crippen LogP contribution in [0.15, 0.2) is 53.3 Å². The minimum absolute atomic E-state index is 0.100. The fourth-order valence-electron chi connectivity index (χ4n) is 3.58. The summed E-state index contributed by atoms with van der Waals surface area (Å²) < 4.78 is 38.8. The Hall–Kier alpha value is -3.66. The van der Waals surface area contributed by atoms with Crippen LogP contribution in [0.2, 0.25) is 0 Å². The van der Waals surface area contributed by atoms with Crippen molar-refractivity contribution in [1.29, 1.82) is 0 Å². The summed E-state index contributed by atoms with van der Waals surface area (Å²) in [7, 11) is 0. The molecule has 32 heavy (non-hydrogen) atoms. The van der Waals surface area contributed by atoms with E-state index in [1.165, 1.54) is 6.20 Å². The Morgan fingerprint density at radius 3 is 2.97 bits per heavy atom. The van der Waals surface area contributed by atoms with Crippen molar-refractivity contribution in [2.45, 2.75) is 31.8 Å². The van der Waals surface area contributed by atoms with Crippen LogP contribution in [0.25, 0.3) is 17.0 Å². The lowest BCUT2D eigenvalue weighted by atomic mass is 10.1. The predicted octanol–water partition coefficient (Wildman–Crippen LogP) is 4.43. The number of nitrogens with one attached hydrogen (secondary N) is 1. The number of imidazole rings is 1. The number of hydrogen-bond acceptors (Lipinski definition) is 6. The van der Waals surface area contributed by atoms with Crippen molar-refractivity contribution >= 4 is 17.2 Å². The summed E-state index contributed by atoms with van der Waals surface area (Å²) in [5.41, 5.74) is 3.11. The van der Waals surface area contributed by atoms with E-state index < -0.39 is 18.6 Å². The first-order chi connectivity index (χ1) is 15.4. The summed E-state index contributed by atoms with van der Waals surface area (Å²) in [6.45, 7) is 1.20. The molecule has 1 N–H and O–H groups in total. The largest absolute Gasteiger partial charge is 0.362 e. The van der Waals surface area contributed by atoms with Gasteiger partial charge < -0.3 is 14.6 Å². The first kappa shape index (κ1) is 20.3. The molecule has 5 rings (SSSR count). The number of benzene rings is 1. The summed E-state index contributed by atoms with van der Waals surface area (Å²) in [5.74, 6) is -2.70. The van der Waals surface area contributed by atoms with Gasteiger partial charge in [-0.1, -0.05) is 23.4 Å². The number of hydrogen-bond donors (Lipinski definition) is 1. The second kappa shape index (κ2) is 7.79. The van der Waals surface area contributed by atoms with E-state index in [9.17, 15) is 13.6 Å². The Balaban J connectivity index is 1.36. The molecule has 1 aliphatic rings. The molecule has 10 heteroatoms. The molecule has 0 aliphatic carbocycles. The monoisotopic (exact) mass is 439 g/mol. The minimum Gasteiger partial charge on any atom is -0.362 e. The van der Waals surface area contributed by atoms with E-state index >= 15 is 0 Å². The number of aromatic nitrogens is 4. The van der Waals surface area contributed by atoms with Gasteiger partial charge in [0, 0.05) is 23.9 Å². The van der Waals surface area contributed by atoms with Crippen LogP contribution in [0.3, 0.4) is 0 Å². The number of nitrogens with zero attached hydrogens (tertiary/aromatic N) is 4. The smallest absolute Gasteiger partial charge is 0.274 e. The minimum atomic E-state index is -2.83. The van der Waals surface area contributed by atoms with Gasteiger partial charge in [-0.3, -0.25) is 9.20 Å². The second-order valence-electron chi connectivity index (χ2n) is 7.71. The van der Waals surface area contributed by atoms with Crippen LogP contribution in [0.1, 0.15) is 40.9 Å². The van der Waals surface area contributed by atoms with Crippen LogP contribution in [-0.2, 0) is 4.74 Å². The highest BCUT2D eigenvalue weighted by Gasteiger charge is 2.38. The van der Waals surface area contributed by atoms with Gasteiger partial charge in [0.05, 0.1) is 6.20 Å². The fourth-order valence-corrected chi connectivity index (χ4v) is 3.58. The molecule has 1 atom stereocenters. The van der Waals surface area contributed by atoms with Gasteiger partial charge in [0.1, 0.15) is 24.1 Å². The summed E-state index contributed by atoms with van der Waals surface area (Å²) in [5, 5.41) is 6.86. The van der Waals surface area contributed by atoms with Gasteiger partial charge in [-0.05, 0) is 37.1 Å². The van der Waals surface area contributed by atoms with Crippen molar-refractivity contribution < 1.29 is 22.8 Å². The molecule has 3 aromatic heterocycles. The Bertz CT molecular complexity index is 1290. The molecule has 0 bridgehead atoms. The number of halogens is 2. The molecule has 0 radical (unpaired) electrons. The molecule has 0 unspecified atom stereocenters. The Kier molecular flexibility index (Phi) is 4.93. The van der Waals surface area contributed by atoms with Gasteiger partial charge in [-0.2, -0.15) is 4.98 Å². The molecular weight excluding hydrogens is 420 g/mol. The van der Waals surface area contributed by atoms with Crippen molar-refractivity contribution in [1.82, 2.24) is 19.5 Å². The van der Waals surface area contributed by atoms with Gasteiger partial charge in [0.2, 0.25) is 5.82 Å². The van der Waals surface area contributed by atoms with Crippen molar-refractivity contribution in [2.24, 2.45) is 0 Å². The predicted molar refractivity (Wildman–Crippen MR) is 110 cm³/mol. The number of rotatable bonds is 4. The standard InChI is InChI=1S/C22H19F2N5O3/c1-13-5-6-14(19-27-21(32-28-19)17-7-8-22(23,24)12-31-17)10-15(13)26-20(30)16-11-25-18-4-2-3-9-29(16)18/h2-6,9-11,17H,7-8,12H2,1H3,(H,26,30)/t17-/m1/s1. The van der Waals surface area contributed by atoms with E-state index in [1.54, 1.807) is 22.7 Å². The lowest BCUT2D eigenvalue weighted by Crippen LogP contribution is -2.31. The third kappa shape index (κ3) is 3.84. The molecule has 1 saturated heterocycles. The van der Waals surface area contributed by atoms with Crippen molar-refractivity contribution in [2.75, 3.05) is 11.9 Å². The van der Waals surface area contributed by atoms with E-state index in [4.69, 9.17) is 9.26 Å². The first-order valence-corrected chi connectivity index (χ1v) is 10.1. The number of anilines is 1. The zero-order valence-electron chi connectivity index (χ0n) is 17.1. The van der Waals surface area contributed by atoms with Gasteiger partial charge in [0.15, 0.2) is 0 Å². The SMILES string of the molecule is Cc1ccc(-c2noc([C@H]3CCC(F)(F)CO3)n2)cc1NC(=O)c1cnc2ccccn12. The molecule has 0 spiro atoms. The quantitative estimate of drug-likeness (QED) is 0.506. The second-order valence-corrected chi connectivity index (χ2v) is 7.71. The third-order valence-electron chi connectivity index (χ3n) is 5.38. The number of carbonyl (C=O) groups is 1. The summed E-state index contributed by atoms with van der Waals surface area (Å²) >= 11 is 0. The molecular formula is C22H19F2N5O3. The summed E-state index contributed by atoms with van der Waals surface area (Å²) in [4.78, 5) is 21.4. The number of pyridine rings is 1. The van der Waals surface area contributed by atoms with Crippen LogP contribution < -0.4 is 5.32 Å². The third-order valence-corrected chi connectivity index (χ3v) is 5.38. The lowest BCUT2D eigenvalue weighted by Gasteiger charge is -2.26. The molecule has 164 valence electrons. The van der Waals surface area contributed by atoms with Crippen LogP contribution in [0.4, 0.5) is 14.5 Å². The maximum absolute atomic E-state index is 13.3. The van der Waals surface area contributed by atoms with Crippen molar-refractivity contribution in [3.8, 4) is 11.4 Å². The Morgan fingerprint density at radius 1 is 1.28 bits per heavy atom. The average Bonchev–Trinajstić information content (AvgIpc) is 3.43. The number of carbonyl (C=O) groups excluding carboxylic acids is 1. The van der Waals surface area contributed by atoms with E-state index in [0.29, 0.717) is 22.6 Å². The lowest BCUT2D eigenvalue weighted by molar-refractivity contribution is -0.151. The van der Waals surface area contributed by atoms with Gasteiger partial charge in [-0.15, -0.1) is 0 Å². The topological polar surface area (TPSA) is 94.5 Å².